The fourth-order valence-corrected chi connectivity index (χ4v) is 11.0. The van der Waals surface area contributed by atoms with Gasteiger partial charge in [0.1, 0.15) is 17.2 Å². The predicted octanol–water partition coefficient (Wildman–Crippen LogP) is 9.04. The zero-order valence-corrected chi connectivity index (χ0v) is 23.8. The van der Waals surface area contributed by atoms with Gasteiger partial charge in [0.15, 0.2) is 7.59 Å². The zero-order valence-electron chi connectivity index (χ0n) is 21.8. The molecule has 0 amide bonds. The van der Waals surface area contributed by atoms with Crippen molar-refractivity contribution in [3.05, 3.63) is 127 Å². The van der Waals surface area contributed by atoms with Crippen molar-refractivity contribution >= 4 is 48.2 Å². The Hall–Kier alpha value is -4.07. The molecule has 3 nitrogen and oxygen atoms in total. The molecule has 38 heavy (non-hydrogen) atoms. The Balaban J connectivity index is 1.57. The second-order valence-electron chi connectivity index (χ2n) is 10.5. The van der Waals surface area contributed by atoms with Crippen LogP contribution in [0.5, 0.6) is 17.2 Å². The van der Waals surface area contributed by atoms with Gasteiger partial charge in [-0.05, 0) is 34.4 Å². The van der Waals surface area contributed by atoms with Crippen LogP contribution < -0.4 is 13.3 Å². The molecular weight excluding hydrogens is 501 g/mol. The highest BCUT2D eigenvalue weighted by atomic mass is 29.3. The Kier molecular flexibility index (Phi) is 6.18. The van der Waals surface area contributed by atoms with Gasteiger partial charge in [-0.25, -0.2) is 0 Å². The number of benzene rings is 6. The molecule has 0 aliphatic rings. The van der Waals surface area contributed by atoms with E-state index in [1.807, 2.05) is 54.6 Å². The second-order valence-corrected chi connectivity index (χ2v) is 23.1. The Labute approximate surface area is 225 Å². The van der Waals surface area contributed by atoms with E-state index in [9.17, 15) is 0 Å². The van der Waals surface area contributed by atoms with E-state index >= 15 is 0 Å². The van der Waals surface area contributed by atoms with Crippen LogP contribution in [0.3, 0.4) is 0 Å². The van der Waals surface area contributed by atoms with Gasteiger partial charge in [0.05, 0.1) is 0 Å². The molecule has 0 aromatic heterocycles. The first-order valence-corrected chi connectivity index (χ1v) is 19.2. The maximum absolute atomic E-state index is 7.14. The van der Waals surface area contributed by atoms with E-state index in [1.54, 1.807) is 0 Å². The van der Waals surface area contributed by atoms with Gasteiger partial charge in [-0.1, -0.05) is 129 Å². The molecule has 0 spiro atoms. The van der Waals surface area contributed by atoms with Crippen LogP contribution in [0.4, 0.5) is 0 Å². The fraction of sp³-hybridized carbons (Fsp3) is 0.0909. The largest absolute Gasteiger partial charge is 0.655 e. The number of rotatable bonds is 7. The third kappa shape index (κ3) is 4.44. The van der Waals surface area contributed by atoms with E-state index in [4.69, 9.17) is 13.3 Å². The minimum absolute atomic E-state index is 0.790. The van der Waals surface area contributed by atoms with Crippen LogP contribution in [-0.4, -0.2) is 15.9 Å². The molecule has 0 aliphatic heterocycles. The summed E-state index contributed by atoms with van der Waals surface area (Å²) in [5, 5.41) is 6.52. The molecule has 0 saturated carbocycles. The van der Waals surface area contributed by atoms with Crippen molar-refractivity contribution in [2.75, 3.05) is 0 Å². The lowest BCUT2D eigenvalue weighted by Gasteiger charge is -2.38. The molecule has 188 valence electrons. The van der Waals surface area contributed by atoms with E-state index in [0.29, 0.717) is 0 Å². The summed E-state index contributed by atoms with van der Waals surface area (Å²) in [5.74, 6) is 2.37. The zero-order chi connectivity index (χ0) is 26.2. The average molecular weight is 531 g/mol. The molecule has 0 bridgehead atoms. The number of hydrogen-bond donors (Lipinski definition) is 0. The first-order valence-electron chi connectivity index (χ1n) is 12.9. The monoisotopic (exact) mass is 530 g/mol. The van der Waals surface area contributed by atoms with Gasteiger partial charge in [-0.2, -0.15) is 0 Å². The van der Waals surface area contributed by atoms with Gasteiger partial charge in [0.2, 0.25) is 0 Å². The normalized spacial score (nSPS) is 12.1. The minimum Gasteiger partial charge on any atom is -0.486 e. The van der Waals surface area contributed by atoms with Crippen LogP contribution in [0.15, 0.2) is 127 Å². The van der Waals surface area contributed by atoms with Gasteiger partial charge >= 0.3 is 8.32 Å². The highest BCUT2D eigenvalue weighted by Crippen LogP contribution is 2.37. The summed E-state index contributed by atoms with van der Waals surface area (Å²) in [6, 6.07) is 43.4. The molecule has 0 atom stereocenters. The van der Waals surface area contributed by atoms with Gasteiger partial charge < -0.3 is 13.3 Å². The van der Waals surface area contributed by atoms with E-state index in [2.05, 4.69) is 92.4 Å². The molecule has 0 heterocycles. The maximum Gasteiger partial charge on any atom is 0.655 e. The third-order valence-corrected chi connectivity index (χ3v) is 16.6. The van der Waals surface area contributed by atoms with E-state index in [0.717, 1.165) is 49.6 Å². The molecule has 0 radical (unpaired) electrons. The van der Waals surface area contributed by atoms with Crippen LogP contribution >= 0.6 is 0 Å². The Bertz CT molecular complexity index is 1550. The molecule has 6 aromatic rings. The van der Waals surface area contributed by atoms with Crippen molar-refractivity contribution in [2.45, 2.75) is 19.6 Å². The quantitative estimate of drug-likeness (QED) is 0.193. The minimum atomic E-state index is -3.43. The summed E-state index contributed by atoms with van der Waals surface area (Å²) >= 11 is 0. The van der Waals surface area contributed by atoms with Crippen molar-refractivity contribution in [2.24, 2.45) is 0 Å². The van der Waals surface area contributed by atoms with E-state index in [1.165, 1.54) is 0 Å². The molecule has 6 aromatic carbocycles. The standard InChI is InChI=1S/C33H30O3Si2/c1-37(2,3)38(34-31-22-10-16-25-13-4-7-19-28(25)31,35-32-23-11-17-26-14-5-8-20-29(26)32)36-33-24-12-18-27-15-6-9-21-30(27)33/h4-24H,1-3H3. The Morgan fingerprint density at radius 1 is 0.368 bits per heavy atom. The van der Waals surface area contributed by atoms with Crippen molar-refractivity contribution in [1.82, 2.24) is 0 Å². The molecule has 0 aliphatic carbocycles. The van der Waals surface area contributed by atoms with Crippen LogP contribution in [0.1, 0.15) is 0 Å². The lowest BCUT2D eigenvalue weighted by atomic mass is 10.1. The lowest BCUT2D eigenvalue weighted by molar-refractivity contribution is 0.291. The van der Waals surface area contributed by atoms with Gasteiger partial charge in [0, 0.05) is 16.2 Å². The number of fused-ring (bicyclic) bond motifs is 3. The highest BCUT2D eigenvalue weighted by Gasteiger charge is 2.61. The first-order chi connectivity index (χ1) is 18.4. The molecule has 0 fully saturated rings. The van der Waals surface area contributed by atoms with Gasteiger partial charge in [0.25, 0.3) is 0 Å². The molecule has 6 rings (SSSR count). The fourth-order valence-electron chi connectivity index (χ4n) is 4.81. The molecule has 5 heteroatoms. The van der Waals surface area contributed by atoms with Crippen LogP contribution in [0.2, 0.25) is 19.6 Å². The van der Waals surface area contributed by atoms with Crippen LogP contribution in [0.25, 0.3) is 32.3 Å². The first kappa shape index (κ1) is 24.3. The Morgan fingerprint density at radius 2 is 0.658 bits per heavy atom. The van der Waals surface area contributed by atoms with Crippen molar-refractivity contribution in [3.63, 3.8) is 0 Å². The third-order valence-electron chi connectivity index (χ3n) is 6.90. The van der Waals surface area contributed by atoms with E-state index < -0.39 is 15.9 Å². The summed E-state index contributed by atoms with van der Waals surface area (Å²) in [6.45, 7) is 6.84. The van der Waals surface area contributed by atoms with E-state index in [-0.39, 0.29) is 0 Å². The second kappa shape index (κ2) is 9.67. The number of hydrogen-bond acceptors (Lipinski definition) is 3. The Morgan fingerprint density at radius 3 is 0.974 bits per heavy atom. The summed E-state index contributed by atoms with van der Waals surface area (Å²) in [5.41, 5.74) is 0. The predicted molar refractivity (Wildman–Crippen MR) is 163 cm³/mol. The molecular formula is C33H30O3Si2. The maximum atomic E-state index is 7.14. The molecule has 0 N–H and O–H groups in total. The summed E-state index contributed by atoms with van der Waals surface area (Å²) in [4.78, 5) is 0. The molecule has 0 saturated heterocycles. The van der Waals surface area contributed by atoms with Crippen molar-refractivity contribution in [3.8, 4) is 17.2 Å². The van der Waals surface area contributed by atoms with Gasteiger partial charge in [-0.15, -0.1) is 0 Å². The smallest absolute Gasteiger partial charge is 0.486 e. The topological polar surface area (TPSA) is 27.7 Å². The molecule has 0 unspecified atom stereocenters. The van der Waals surface area contributed by atoms with Crippen molar-refractivity contribution < 1.29 is 13.3 Å². The average Bonchev–Trinajstić information content (AvgIpc) is 2.93. The summed E-state index contributed by atoms with van der Waals surface area (Å²) in [7, 11) is -5.71. The summed E-state index contributed by atoms with van der Waals surface area (Å²) < 4.78 is 21.4. The van der Waals surface area contributed by atoms with Crippen molar-refractivity contribution in [1.29, 1.82) is 0 Å². The SMILES string of the molecule is C[Si](C)(C)[Si](Oc1cccc2ccccc12)(Oc1cccc2ccccc12)Oc1cccc2ccccc12. The van der Waals surface area contributed by atoms with Crippen LogP contribution in [-0.2, 0) is 0 Å². The lowest BCUT2D eigenvalue weighted by Crippen LogP contribution is -2.71. The highest BCUT2D eigenvalue weighted by molar-refractivity contribution is 7.34. The van der Waals surface area contributed by atoms with Crippen LogP contribution in [0, 0.1) is 0 Å². The van der Waals surface area contributed by atoms with Gasteiger partial charge in [-0.3, -0.25) is 0 Å². The summed E-state index contributed by atoms with van der Waals surface area (Å²) in [6.07, 6.45) is 0.